The summed E-state index contributed by atoms with van der Waals surface area (Å²) in [5.41, 5.74) is 2.36. The van der Waals surface area contributed by atoms with Crippen LogP contribution in [0.1, 0.15) is 41.6 Å². The zero-order valence-electron chi connectivity index (χ0n) is 14.7. The lowest BCUT2D eigenvalue weighted by atomic mass is 9.75. The Morgan fingerprint density at radius 3 is 2.81 bits per heavy atom. The normalized spacial score (nSPS) is 17.6. The maximum atomic E-state index is 12.5. The lowest BCUT2D eigenvalue weighted by Crippen LogP contribution is -2.41. The van der Waals surface area contributed by atoms with Crippen molar-refractivity contribution in [1.29, 1.82) is 0 Å². The smallest absolute Gasteiger partial charge is 0.251 e. The number of ether oxygens (including phenoxy) is 1. The fourth-order valence-corrected chi connectivity index (χ4v) is 3.93. The molecule has 2 aliphatic rings. The number of hydrogen-bond donors (Lipinski definition) is 1. The second kappa shape index (κ2) is 8.11. The van der Waals surface area contributed by atoms with Gasteiger partial charge in [0.2, 0.25) is 5.91 Å². The first-order valence-electron chi connectivity index (χ1n) is 8.91. The van der Waals surface area contributed by atoms with Gasteiger partial charge in [-0.25, -0.2) is 0 Å². The van der Waals surface area contributed by atoms with Crippen molar-refractivity contribution in [2.24, 2.45) is 0 Å². The van der Waals surface area contributed by atoms with Crippen molar-refractivity contribution in [3.8, 4) is 12.3 Å². The summed E-state index contributed by atoms with van der Waals surface area (Å²) in [6, 6.07) is 5.56. The SMILES string of the molecule is C#CCCCNC(=O)c1ccc2c(c1)C1(CCOCC1)CN2C(=O)CCl. The second-order valence-electron chi connectivity index (χ2n) is 6.80. The molecule has 0 bridgehead atoms. The molecule has 2 amide bonds. The van der Waals surface area contributed by atoms with Crippen LogP contribution >= 0.6 is 11.6 Å². The van der Waals surface area contributed by atoms with Crippen molar-refractivity contribution in [1.82, 2.24) is 5.32 Å². The van der Waals surface area contributed by atoms with Crippen LogP contribution in [0.15, 0.2) is 18.2 Å². The molecule has 0 atom stereocenters. The maximum Gasteiger partial charge on any atom is 0.251 e. The zero-order valence-corrected chi connectivity index (χ0v) is 15.5. The van der Waals surface area contributed by atoms with E-state index >= 15 is 0 Å². The van der Waals surface area contributed by atoms with Gasteiger partial charge in [0.1, 0.15) is 5.88 Å². The van der Waals surface area contributed by atoms with Gasteiger partial charge in [-0.15, -0.1) is 23.9 Å². The fraction of sp³-hybridized carbons (Fsp3) is 0.500. The van der Waals surface area contributed by atoms with Crippen LogP contribution in [0.25, 0.3) is 0 Å². The molecule has 2 aliphatic heterocycles. The van der Waals surface area contributed by atoms with Crippen molar-refractivity contribution in [3.63, 3.8) is 0 Å². The number of rotatable bonds is 5. The number of anilines is 1. The van der Waals surface area contributed by atoms with E-state index in [0.29, 0.717) is 38.3 Å². The maximum absolute atomic E-state index is 12.5. The number of fused-ring (bicyclic) bond motifs is 2. The Labute approximate surface area is 159 Å². The molecule has 1 N–H and O–H groups in total. The molecular formula is C20H23ClN2O3. The first-order chi connectivity index (χ1) is 12.6. The monoisotopic (exact) mass is 374 g/mol. The van der Waals surface area contributed by atoms with E-state index in [1.54, 1.807) is 11.0 Å². The number of nitrogens with zero attached hydrogens (tertiary/aromatic N) is 1. The summed E-state index contributed by atoms with van der Waals surface area (Å²) in [5, 5.41) is 2.90. The lowest BCUT2D eigenvalue weighted by molar-refractivity contribution is -0.116. The largest absolute Gasteiger partial charge is 0.381 e. The number of alkyl halides is 1. The van der Waals surface area contributed by atoms with Crippen molar-refractivity contribution < 1.29 is 14.3 Å². The van der Waals surface area contributed by atoms with Crippen LogP contribution in [0.5, 0.6) is 0 Å². The van der Waals surface area contributed by atoms with Gasteiger partial charge < -0.3 is 15.0 Å². The van der Waals surface area contributed by atoms with Crippen LogP contribution in [0.4, 0.5) is 5.69 Å². The fourth-order valence-electron chi connectivity index (χ4n) is 3.79. The highest BCUT2D eigenvalue weighted by molar-refractivity contribution is 6.29. The van der Waals surface area contributed by atoms with Gasteiger partial charge in [-0.05, 0) is 43.0 Å². The Kier molecular flexibility index (Phi) is 5.85. The standard InChI is InChI=1S/C20H23ClN2O3/c1-2-3-4-9-22-19(25)15-5-6-17-16(12-15)20(7-10-26-11-8-20)14-23(17)18(24)13-21/h1,5-6,12H,3-4,7-11,13-14H2,(H,22,25). The Bertz CT molecular complexity index is 735. The molecule has 2 heterocycles. The summed E-state index contributed by atoms with van der Waals surface area (Å²) in [6.07, 6.45) is 8.30. The Balaban J connectivity index is 1.87. The van der Waals surface area contributed by atoms with Crippen molar-refractivity contribution in [2.45, 2.75) is 31.1 Å². The Morgan fingerprint density at radius 1 is 1.35 bits per heavy atom. The minimum atomic E-state index is -0.158. The summed E-state index contributed by atoms with van der Waals surface area (Å²) >= 11 is 5.80. The molecule has 138 valence electrons. The average molecular weight is 375 g/mol. The van der Waals surface area contributed by atoms with Crippen LogP contribution in [-0.4, -0.2) is 44.0 Å². The van der Waals surface area contributed by atoms with E-state index < -0.39 is 0 Å². The molecule has 0 aliphatic carbocycles. The quantitative estimate of drug-likeness (QED) is 0.489. The van der Waals surface area contributed by atoms with Crippen LogP contribution in [0.2, 0.25) is 0 Å². The average Bonchev–Trinajstić information content (AvgIpc) is 2.98. The summed E-state index contributed by atoms with van der Waals surface area (Å²) < 4.78 is 5.52. The second-order valence-corrected chi connectivity index (χ2v) is 7.07. The van der Waals surface area contributed by atoms with Gasteiger partial charge in [-0.3, -0.25) is 9.59 Å². The minimum absolute atomic E-state index is 0.0521. The predicted molar refractivity (Wildman–Crippen MR) is 102 cm³/mol. The molecule has 1 aromatic carbocycles. The van der Waals surface area contributed by atoms with Crippen molar-refractivity contribution in [2.75, 3.05) is 37.1 Å². The van der Waals surface area contributed by atoms with Gasteiger partial charge >= 0.3 is 0 Å². The first kappa shape index (κ1) is 18.8. The third-order valence-corrected chi connectivity index (χ3v) is 5.46. The highest BCUT2D eigenvalue weighted by atomic mass is 35.5. The molecule has 6 heteroatoms. The van der Waals surface area contributed by atoms with Gasteiger partial charge in [-0.2, -0.15) is 0 Å². The van der Waals surface area contributed by atoms with E-state index in [2.05, 4.69) is 11.2 Å². The van der Waals surface area contributed by atoms with E-state index in [0.717, 1.165) is 30.5 Å². The topological polar surface area (TPSA) is 58.6 Å². The summed E-state index contributed by atoms with van der Waals surface area (Å²) in [6.45, 7) is 2.47. The predicted octanol–water partition coefficient (Wildman–Crippen LogP) is 2.46. The number of carbonyl (C=O) groups is 2. The van der Waals surface area contributed by atoms with Gasteiger partial charge in [0, 0.05) is 49.4 Å². The molecule has 3 rings (SSSR count). The highest BCUT2D eigenvalue weighted by Gasteiger charge is 2.45. The number of hydrogen-bond acceptors (Lipinski definition) is 3. The molecule has 26 heavy (non-hydrogen) atoms. The van der Waals surface area contributed by atoms with Crippen LogP contribution in [0.3, 0.4) is 0 Å². The molecule has 0 saturated carbocycles. The third kappa shape index (κ3) is 3.58. The van der Waals surface area contributed by atoms with E-state index in [1.165, 1.54) is 0 Å². The molecule has 0 aromatic heterocycles. The molecule has 1 aromatic rings. The van der Waals surface area contributed by atoms with E-state index in [9.17, 15) is 9.59 Å². The molecule has 1 spiro atoms. The molecule has 0 unspecified atom stereocenters. The summed E-state index contributed by atoms with van der Waals surface area (Å²) in [7, 11) is 0. The molecule has 1 saturated heterocycles. The number of nitrogens with one attached hydrogen (secondary N) is 1. The first-order valence-corrected chi connectivity index (χ1v) is 9.45. The third-order valence-electron chi connectivity index (χ3n) is 5.23. The summed E-state index contributed by atoms with van der Waals surface area (Å²) in [5.74, 6) is 2.29. The van der Waals surface area contributed by atoms with Gasteiger partial charge in [-0.1, -0.05) is 0 Å². The Hall–Kier alpha value is -2.03. The van der Waals surface area contributed by atoms with Crippen LogP contribution < -0.4 is 10.2 Å². The van der Waals surface area contributed by atoms with Crippen molar-refractivity contribution >= 4 is 29.1 Å². The molecule has 5 nitrogen and oxygen atoms in total. The van der Waals surface area contributed by atoms with Crippen molar-refractivity contribution in [3.05, 3.63) is 29.3 Å². The summed E-state index contributed by atoms with van der Waals surface area (Å²) in [4.78, 5) is 26.5. The number of benzene rings is 1. The number of terminal acetylenes is 1. The number of amides is 2. The number of unbranched alkanes of at least 4 members (excludes halogenated alkanes) is 1. The molecular weight excluding hydrogens is 352 g/mol. The van der Waals surface area contributed by atoms with Gasteiger partial charge in [0.15, 0.2) is 0 Å². The van der Waals surface area contributed by atoms with Gasteiger partial charge in [0.05, 0.1) is 0 Å². The van der Waals surface area contributed by atoms with Crippen LogP contribution in [-0.2, 0) is 14.9 Å². The Morgan fingerprint density at radius 2 is 2.12 bits per heavy atom. The number of halogens is 1. The van der Waals surface area contributed by atoms with E-state index in [1.807, 2.05) is 12.1 Å². The minimum Gasteiger partial charge on any atom is -0.381 e. The van der Waals surface area contributed by atoms with E-state index in [4.69, 9.17) is 22.8 Å². The molecule has 0 radical (unpaired) electrons. The highest BCUT2D eigenvalue weighted by Crippen LogP contribution is 2.47. The van der Waals surface area contributed by atoms with Gasteiger partial charge in [0.25, 0.3) is 5.91 Å². The zero-order chi connectivity index (χ0) is 18.6. The lowest BCUT2D eigenvalue weighted by Gasteiger charge is -2.34. The van der Waals surface area contributed by atoms with E-state index in [-0.39, 0.29) is 23.1 Å². The van der Waals surface area contributed by atoms with Crippen LogP contribution in [0, 0.1) is 12.3 Å². The number of carbonyl (C=O) groups excluding carboxylic acids is 2. The molecule has 1 fully saturated rings.